The van der Waals surface area contributed by atoms with Crippen LogP contribution in [-0.4, -0.2) is 52.8 Å². The van der Waals surface area contributed by atoms with Gasteiger partial charge in [-0.25, -0.2) is 0 Å². The summed E-state index contributed by atoms with van der Waals surface area (Å²) < 4.78 is 0. The minimum atomic E-state index is -0.642. The molecule has 2 aromatic carbocycles. The number of ketones is 1. The first-order valence-corrected chi connectivity index (χ1v) is 14.3. The molecular weight excluding hydrogens is 496 g/mol. The minimum absolute atomic E-state index is 0.0237. The quantitative estimate of drug-likeness (QED) is 0.174. The third-order valence-electron chi connectivity index (χ3n) is 7.28. The first-order valence-electron chi connectivity index (χ1n) is 14.0. The van der Waals surface area contributed by atoms with Crippen molar-refractivity contribution in [2.45, 2.75) is 78.2 Å². The Balaban J connectivity index is 1.95. The van der Waals surface area contributed by atoms with Crippen LogP contribution in [0.5, 0.6) is 0 Å². The molecule has 6 heteroatoms. The summed E-state index contributed by atoms with van der Waals surface area (Å²) in [6.45, 7) is 14.3. The Morgan fingerprint density at radius 3 is 1.97 bits per heavy atom. The van der Waals surface area contributed by atoms with E-state index in [1.807, 2.05) is 12.1 Å². The van der Waals surface area contributed by atoms with E-state index in [1.54, 1.807) is 29.2 Å². The van der Waals surface area contributed by atoms with Crippen molar-refractivity contribution >= 4 is 29.1 Å². The maximum Gasteiger partial charge on any atom is 0.295 e. The van der Waals surface area contributed by atoms with Crippen LogP contribution in [-0.2, 0) is 15.0 Å². The van der Waals surface area contributed by atoms with Crippen molar-refractivity contribution in [1.29, 1.82) is 0 Å². The van der Waals surface area contributed by atoms with Crippen LogP contribution in [0, 0.1) is 0 Å². The largest absolute Gasteiger partial charge is 0.507 e. The number of halogens is 1. The molecule has 0 saturated carbocycles. The second kappa shape index (κ2) is 13.4. The standard InChI is InChI=1S/C32H43ClN2O3/c1-6-8-19-34(20-9-7-2)21-10-22-35-28(23-11-15-25(16-12-23)32(3,4)5)27(30(37)31(35)38)29(36)24-13-17-26(33)18-14-24/h11-18,28,36H,6-10,19-22H2,1-5H3/t28-/m0/s1. The molecule has 1 N–H and O–H groups in total. The van der Waals surface area contributed by atoms with Crippen LogP contribution < -0.4 is 0 Å². The summed E-state index contributed by atoms with van der Waals surface area (Å²) in [5.74, 6) is -1.37. The molecule has 206 valence electrons. The smallest absolute Gasteiger partial charge is 0.295 e. The van der Waals surface area contributed by atoms with E-state index in [0.29, 0.717) is 17.1 Å². The number of benzene rings is 2. The number of nitrogens with zero attached hydrogens (tertiary/aromatic N) is 2. The molecule has 0 spiro atoms. The number of Topliss-reactive ketones (excluding diaryl/α,β-unsaturated/α-hetero) is 1. The number of amides is 1. The van der Waals surface area contributed by atoms with E-state index in [0.717, 1.165) is 57.3 Å². The van der Waals surface area contributed by atoms with Crippen LogP contribution in [0.25, 0.3) is 5.76 Å². The predicted octanol–water partition coefficient (Wildman–Crippen LogP) is 7.35. The number of hydrogen-bond acceptors (Lipinski definition) is 4. The number of carbonyl (C=O) groups excluding carboxylic acids is 2. The van der Waals surface area contributed by atoms with Crippen molar-refractivity contribution in [2.75, 3.05) is 26.2 Å². The fourth-order valence-corrected chi connectivity index (χ4v) is 5.08. The maximum absolute atomic E-state index is 13.3. The lowest BCUT2D eigenvalue weighted by Gasteiger charge is -2.28. The van der Waals surface area contributed by atoms with Gasteiger partial charge in [0.15, 0.2) is 0 Å². The zero-order valence-corrected chi connectivity index (χ0v) is 24.4. The van der Waals surface area contributed by atoms with Crippen molar-refractivity contribution in [3.8, 4) is 0 Å². The first kappa shape index (κ1) is 29.9. The van der Waals surface area contributed by atoms with Gasteiger partial charge in [0.1, 0.15) is 5.76 Å². The van der Waals surface area contributed by atoms with Gasteiger partial charge in [0.25, 0.3) is 11.7 Å². The third-order valence-corrected chi connectivity index (χ3v) is 7.53. The highest BCUT2D eigenvalue weighted by Gasteiger charge is 2.45. The second-order valence-electron chi connectivity index (χ2n) is 11.3. The number of rotatable bonds is 12. The summed E-state index contributed by atoms with van der Waals surface area (Å²) in [7, 11) is 0. The van der Waals surface area contributed by atoms with Gasteiger partial charge in [-0.2, -0.15) is 0 Å². The Hall–Kier alpha value is -2.63. The van der Waals surface area contributed by atoms with Gasteiger partial charge in [0, 0.05) is 17.1 Å². The van der Waals surface area contributed by atoms with Gasteiger partial charge in [-0.15, -0.1) is 0 Å². The highest BCUT2D eigenvalue weighted by atomic mass is 35.5. The highest BCUT2D eigenvalue weighted by molar-refractivity contribution is 6.46. The van der Waals surface area contributed by atoms with E-state index >= 15 is 0 Å². The number of likely N-dealkylation sites (tertiary alicyclic amines) is 1. The molecule has 1 amide bonds. The molecule has 3 rings (SSSR count). The Morgan fingerprint density at radius 2 is 1.45 bits per heavy atom. The Labute approximate surface area is 233 Å². The van der Waals surface area contributed by atoms with Crippen LogP contribution in [0.4, 0.5) is 0 Å². The number of hydrogen-bond donors (Lipinski definition) is 1. The van der Waals surface area contributed by atoms with Crippen LogP contribution in [0.2, 0.25) is 5.02 Å². The van der Waals surface area contributed by atoms with Crippen molar-refractivity contribution in [2.24, 2.45) is 0 Å². The van der Waals surface area contributed by atoms with Crippen molar-refractivity contribution in [3.05, 3.63) is 75.8 Å². The zero-order chi connectivity index (χ0) is 27.9. The molecule has 2 aromatic rings. The Kier molecular flexibility index (Phi) is 10.6. The van der Waals surface area contributed by atoms with Crippen LogP contribution >= 0.6 is 11.6 Å². The Bertz CT molecular complexity index is 1110. The average Bonchev–Trinajstić information content (AvgIpc) is 3.14. The molecule has 0 aliphatic carbocycles. The van der Waals surface area contributed by atoms with Crippen molar-refractivity contribution in [1.82, 2.24) is 9.80 Å². The fraction of sp³-hybridized carbons (Fsp3) is 0.500. The fourth-order valence-electron chi connectivity index (χ4n) is 4.95. The predicted molar refractivity (Wildman–Crippen MR) is 156 cm³/mol. The SMILES string of the molecule is CCCCN(CCCC)CCCN1C(=O)C(=O)C(=C(O)c2ccc(Cl)cc2)[C@@H]1c1ccc(C(C)(C)C)cc1. The lowest BCUT2D eigenvalue weighted by Crippen LogP contribution is -2.34. The second-order valence-corrected chi connectivity index (χ2v) is 11.7. The van der Waals surface area contributed by atoms with Gasteiger partial charge in [-0.05, 0) is 79.7 Å². The lowest BCUT2D eigenvalue weighted by molar-refractivity contribution is -0.140. The molecule has 1 heterocycles. The van der Waals surface area contributed by atoms with Crippen molar-refractivity contribution in [3.63, 3.8) is 0 Å². The summed E-state index contributed by atoms with van der Waals surface area (Å²) in [6.07, 6.45) is 5.35. The van der Waals surface area contributed by atoms with E-state index in [4.69, 9.17) is 11.6 Å². The number of aliphatic hydroxyl groups excluding tert-OH is 1. The zero-order valence-electron chi connectivity index (χ0n) is 23.6. The monoisotopic (exact) mass is 538 g/mol. The van der Waals surface area contributed by atoms with Gasteiger partial charge in [-0.1, -0.05) is 83.3 Å². The van der Waals surface area contributed by atoms with E-state index in [2.05, 4.69) is 51.7 Å². The molecule has 1 aliphatic rings. The molecule has 0 bridgehead atoms. The van der Waals surface area contributed by atoms with E-state index in [9.17, 15) is 14.7 Å². The number of aliphatic hydroxyl groups is 1. The molecule has 0 unspecified atom stereocenters. The average molecular weight is 539 g/mol. The molecule has 1 fully saturated rings. The third kappa shape index (κ3) is 7.27. The number of unbranched alkanes of at least 4 members (excludes halogenated alkanes) is 2. The molecule has 1 saturated heterocycles. The van der Waals surface area contributed by atoms with E-state index in [1.165, 1.54) is 5.56 Å². The van der Waals surface area contributed by atoms with Crippen LogP contribution in [0.1, 0.15) is 89.5 Å². The topological polar surface area (TPSA) is 60.9 Å². The minimum Gasteiger partial charge on any atom is -0.507 e. The van der Waals surface area contributed by atoms with Gasteiger partial charge in [0.05, 0.1) is 11.6 Å². The van der Waals surface area contributed by atoms with Gasteiger partial charge >= 0.3 is 0 Å². The van der Waals surface area contributed by atoms with Gasteiger partial charge in [-0.3, -0.25) is 9.59 Å². The summed E-state index contributed by atoms with van der Waals surface area (Å²) in [4.78, 5) is 30.8. The molecule has 38 heavy (non-hydrogen) atoms. The van der Waals surface area contributed by atoms with Gasteiger partial charge < -0.3 is 14.9 Å². The summed E-state index contributed by atoms with van der Waals surface area (Å²) in [6, 6.07) is 14.1. The van der Waals surface area contributed by atoms with Gasteiger partial charge in [0.2, 0.25) is 0 Å². The first-order chi connectivity index (χ1) is 18.1. The summed E-state index contributed by atoms with van der Waals surface area (Å²) in [5.41, 5.74) is 2.56. The Morgan fingerprint density at radius 1 is 0.895 bits per heavy atom. The molecule has 1 atom stereocenters. The highest BCUT2D eigenvalue weighted by Crippen LogP contribution is 2.40. The molecule has 0 radical (unpaired) electrons. The van der Waals surface area contributed by atoms with Crippen LogP contribution in [0.15, 0.2) is 54.1 Å². The van der Waals surface area contributed by atoms with Crippen LogP contribution in [0.3, 0.4) is 0 Å². The van der Waals surface area contributed by atoms with E-state index < -0.39 is 17.7 Å². The van der Waals surface area contributed by atoms with E-state index in [-0.39, 0.29) is 16.7 Å². The lowest BCUT2D eigenvalue weighted by atomic mass is 9.85. The summed E-state index contributed by atoms with van der Waals surface area (Å²) >= 11 is 6.04. The number of carbonyl (C=O) groups is 2. The maximum atomic E-state index is 13.3. The normalized spacial score (nSPS) is 17.6. The molecule has 0 aromatic heterocycles. The molecule has 5 nitrogen and oxygen atoms in total. The summed E-state index contributed by atoms with van der Waals surface area (Å²) in [5, 5.41) is 11.8. The molecule has 1 aliphatic heterocycles. The van der Waals surface area contributed by atoms with Crippen molar-refractivity contribution < 1.29 is 14.7 Å². The molecular formula is C32H43ClN2O3.